The van der Waals surface area contributed by atoms with Crippen molar-refractivity contribution in [2.75, 3.05) is 0 Å². The number of carboxylic acids is 1. The van der Waals surface area contributed by atoms with E-state index in [2.05, 4.69) is 4.98 Å². The molecule has 0 bridgehead atoms. The third-order valence-electron chi connectivity index (χ3n) is 2.92. The molecule has 3 nitrogen and oxygen atoms in total. The maximum Gasteiger partial charge on any atom is 0.337 e. The molecule has 82 valence electrons. The van der Waals surface area contributed by atoms with Gasteiger partial charge < -0.3 is 10.1 Å². The number of carboxylic acid groups (broad SMARTS) is 1. The van der Waals surface area contributed by atoms with Crippen LogP contribution in [-0.4, -0.2) is 16.1 Å². The van der Waals surface area contributed by atoms with Gasteiger partial charge in [0.05, 0.1) is 5.56 Å². The lowest BCUT2D eigenvalue weighted by atomic mass is 10.1. The van der Waals surface area contributed by atoms with Gasteiger partial charge in [0, 0.05) is 11.4 Å². The zero-order valence-electron chi connectivity index (χ0n) is 9.21. The van der Waals surface area contributed by atoms with Gasteiger partial charge in [-0.3, -0.25) is 0 Å². The van der Waals surface area contributed by atoms with Crippen molar-refractivity contribution in [2.24, 2.45) is 5.92 Å². The molecule has 0 aromatic carbocycles. The van der Waals surface area contributed by atoms with Crippen LogP contribution in [0.5, 0.6) is 0 Å². The Morgan fingerprint density at radius 3 is 2.67 bits per heavy atom. The summed E-state index contributed by atoms with van der Waals surface area (Å²) >= 11 is 0. The first kappa shape index (κ1) is 10.3. The van der Waals surface area contributed by atoms with Crippen LogP contribution in [0.2, 0.25) is 0 Å². The number of aromatic amines is 1. The van der Waals surface area contributed by atoms with E-state index >= 15 is 0 Å². The molecule has 0 amide bonds. The summed E-state index contributed by atoms with van der Waals surface area (Å²) in [6, 6.07) is 1.80. The lowest BCUT2D eigenvalue weighted by Crippen LogP contribution is -2.01. The Morgan fingerprint density at radius 2 is 2.27 bits per heavy atom. The summed E-state index contributed by atoms with van der Waals surface area (Å²) in [7, 11) is 0. The molecule has 1 aromatic heterocycles. The van der Waals surface area contributed by atoms with Gasteiger partial charge in [-0.1, -0.05) is 13.8 Å². The zero-order valence-corrected chi connectivity index (χ0v) is 9.21. The summed E-state index contributed by atoms with van der Waals surface area (Å²) in [5, 5.41) is 9.06. The van der Waals surface area contributed by atoms with E-state index in [-0.39, 0.29) is 5.92 Å². The minimum absolute atomic E-state index is 0.240. The SMILES string of the molecule is CC(C)c1[nH]c(CC2CC2)cc1C(=O)O. The number of H-pyrrole nitrogens is 1. The molecule has 3 heteroatoms. The molecule has 2 rings (SSSR count). The molecule has 1 aliphatic rings. The number of rotatable bonds is 4. The Hall–Kier alpha value is -1.25. The quantitative estimate of drug-likeness (QED) is 0.797. The number of hydrogen-bond acceptors (Lipinski definition) is 1. The lowest BCUT2D eigenvalue weighted by Gasteiger charge is -2.03. The van der Waals surface area contributed by atoms with Crippen molar-refractivity contribution in [2.45, 2.75) is 39.0 Å². The van der Waals surface area contributed by atoms with Gasteiger partial charge in [0.2, 0.25) is 0 Å². The summed E-state index contributed by atoms with van der Waals surface area (Å²) in [4.78, 5) is 14.3. The summed E-state index contributed by atoms with van der Waals surface area (Å²) in [5.74, 6) is 0.200. The predicted octanol–water partition coefficient (Wildman–Crippen LogP) is 2.79. The molecule has 1 aromatic rings. The second kappa shape index (κ2) is 3.72. The molecule has 0 saturated heterocycles. The first-order valence-electron chi connectivity index (χ1n) is 5.53. The standard InChI is InChI=1S/C12H17NO2/c1-7(2)11-10(12(14)15)6-9(13-11)5-8-3-4-8/h6-8,13H,3-5H2,1-2H3,(H,14,15). The van der Waals surface area contributed by atoms with Crippen LogP contribution in [0, 0.1) is 5.92 Å². The monoisotopic (exact) mass is 207 g/mol. The number of carbonyl (C=O) groups is 1. The van der Waals surface area contributed by atoms with E-state index in [1.807, 2.05) is 13.8 Å². The highest BCUT2D eigenvalue weighted by Gasteiger charge is 2.24. The molecule has 1 fully saturated rings. The van der Waals surface area contributed by atoms with Crippen molar-refractivity contribution in [3.05, 3.63) is 23.0 Å². The van der Waals surface area contributed by atoms with Gasteiger partial charge in [0.25, 0.3) is 0 Å². The highest BCUT2D eigenvalue weighted by molar-refractivity contribution is 5.89. The van der Waals surface area contributed by atoms with Crippen LogP contribution in [0.15, 0.2) is 6.07 Å². The summed E-state index contributed by atoms with van der Waals surface area (Å²) in [5.41, 5.74) is 2.39. The number of aromatic nitrogens is 1. The van der Waals surface area contributed by atoms with Crippen molar-refractivity contribution in [3.8, 4) is 0 Å². The summed E-state index contributed by atoms with van der Waals surface area (Å²) < 4.78 is 0. The second-order valence-electron chi connectivity index (χ2n) is 4.73. The Bertz CT molecular complexity index is 375. The topological polar surface area (TPSA) is 53.1 Å². The van der Waals surface area contributed by atoms with Crippen LogP contribution in [0.1, 0.15) is 54.4 Å². The third kappa shape index (κ3) is 2.22. The molecule has 0 atom stereocenters. The minimum Gasteiger partial charge on any atom is -0.478 e. The van der Waals surface area contributed by atoms with E-state index in [1.54, 1.807) is 6.07 Å². The van der Waals surface area contributed by atoms with Gasteiger partial charge in [-0.25, -0.2) is 4.79 Å². The number of hydrogen-bond donors (Lipinski definition) is 2. The van der Waals surface area contributed by atoms with Crippen LogP contribution in [0.25, 0.3) is 0 Å². The molecule has 1 aliphatic carbocycles. The molecule has 15 heavy (non-hydrogen) atoms. The maximum absolute atomic E-state index is 11.0. The number of nitrogens with one attached hydrogen (secondary N) is 1. The Morgan fingerprint density at radius 1 is 1.60 bits per heavy atom. The fraction of sp³-hybridized carbons (Fsp3) is 0.583. The van der Waals surface area contributed by atoms with E-state index in [9.17, 15) is 4.79 Å². The maximum atomic E-state index is 11.0. The van der Waals surface area contributed by atoms with Crippen LogP contribution in [0.3, 0.4) is 0 Å². The Balaban J connectivity index is 2.25. The van der Waals surface area contributed by atoms with Crippen LogP contribution in [-0.2, 0) is 6.42 Å². The average molecular weight is 207 g/mol. The van der Waals surface area contributed by atoms with Gasteiger partial charge in [-0.2, -0.15) is 0 Å². The molecule has 0 unspecified atom stereocenters. The average Bonchev–Trinajstić information content (AvgIpc) is 2.81. The second-order valence-corrected chi connectivity index (χ2v) is 4.73. The van der Waals surface area contributed by atoms with Gasteiger partial charge in [-0.05, 0) is 37.2 Å². The molecular weight excluding hydrogens is 190 g/mol. The van der Waals surface area contributed by atoms with Gasteiger partial charge in [-0.15, -0.1) is 0 Å². The van der Waals surface area contributed by atoms with Crippen molar-refractivity contribution < 1.29 is 9.90 Å². The van der Waals surface area contributed by atoms with E-state index in [0.29, 0.717) is 5.56 Å². The molecule has 0 aliphatic heterocycles. The fourth-order valence-electron chi connectivity index (χ4n) is 1.90. The van der Waals surface area contributed by atoms with Crippen LogP contribution < -0.4 is 0 Å². The normalized spacial score (nSPS) is 15.9. The molecule has 0 radical (unpaired) electrons. The predicted molar refractivity (Wildman–Crippen MR) is 58.3 cm³/mol. The Kier molecular flexibility index (Phi) is 2.55. The molecular formula is C12H17NO2. The Labute approximate surface area is 89.5 Å². The van der Waals surface area contributed by atoms with E-state index < -0.39 is 5.97 Å². The van der Waals surface area contributed by atoms with E-state index in [0.717, 1.165) is 23.7 Å². The summed E-state index contributed by atoms with van der Waals surface area (Å²) in [6.07, 6.45) is 3.59. The first-order chi connectivity index (χ1) is 7.08. The first-order valence-corrected chi connectivity index (χ1v) is 5.53. The molecule has 1 heterocycles. The minimum atomic E-state index is -0.822. The molecule has 1 saturated carbocycles. The summed E-state index contributed by atoms with van der Waals surface area (Å²) in [6.45, 7) is 4.03. The lowest BCUT2D eigenvalue weighted by molar-refractivity contribution is 0.0695. The fourth-order valence-corrected chi connectivity index (χ4v) is 1.90. The van der Waals surface area contributed by atoms with Crippen molar-refractivity contribution in [1.82, 2.24) is 4.98 Å². The highest BCUT2D eigenvalue weighted by atomic mass is 16.4. The van der Waals surface area contributed by atoms with Gasteiger partial charge in [0.1, 0.15) is 0 Å². The van der Waals surface area contributed by atoms with E-state index in [4.69, 9.17) is 5.11 Å². The zero-order chi connectivity index (χ0) is 11.0. The van der Waals surface area contributed by atoms with Crippen LogP contribution in [0.4, 0.5) is 0 Å². The van der Waals surface area contributed by atoms with E-state index in [1.165, 1.54) is 12.8 Å². The third-order valence-corrected chi connectivity index (χ3v) is 2.92. The van der Waals surface area contributed by atoms with Gasteiger partial charge in [0.15, 0.2) is 0 Å². The van der Waals surface area contributed by atoms with Gasteiger partial charge >= 0.3 is 5.97 Å². The molecule has 2 N–H and O–H groups in total. The van der Waals surface area contributed by atoms with Crippen molar-refractivity contribution in [1.29, 1.82) is 0 Å². The number of aromatic carboxylic acids is 1. The highest BCUT2D eigenvalue weighted by Crippen LogP contribution is 2.33. The smallest absolute Gasteiger partial charge is 0.337 e. The van der Waals surface area contributed by atoms with Crippen LogP contribution >= 0.6 is 0 Å². The van der Waals surface area contributed by atoms with Crippen molar-refractivity contribution in [3.63, 3.8) is 0 Å². The van der Waals surface area contributed by atoms with Crippen molar-refractivity contribution >= 4 is 5.97 Å². The largest absolute Gasteiger partial charge is 0.478 e. The molecule has 0 spiro atoms.